The van der Waals surface area contributed by atoms with Crippen molar-refractivity contribution in [3.05, 3.63) is 53.0 Å². The van der Waals surface area contributed by atoms with E-state index in [9.17, 15) is 4.79 Å². The maximum Gasteiger partial charge on any atom is 0.337 e. The summed E-state index contributed by atoms with van der Waals surface area (Å²) in [6, 6.07) is 9.39. The molecule has 1 atom stereocenters. The summed E-state index contributed by atoms with van der Waals surface area (Å²) >= 11 is 0. The van der Waals surface area contributed by atoms with Crippen LogP contribution < -0.4 is 5.32 Å². The number of ether oxygens (including phenoxy) is 1. The average molecular weight is 273 g/mol. The Morgan fingerprint density at radius 3 is 2.65 bits per heavy atom. The number of methoxy groups -OCH3 is 1. The highest BCUT2D eigenvalue weighted by atomic mass is 16.5. The van der Waals surface area contributed by atoms with E-state index in [4.69, 9.17) is 9.15 Å². The molecule has 0 spiro atoms. The van der Waals surface area contributed by atoms with Gasteiger partial charge in [0.2, 0.25) is 0 Å². The molecular weight excluding hydrogens is 254 g/mol. The van der Waals surface area contributed by atoms with Crippen molar-refractivity contribution in [2.75, 3.05) is 12.4 Å². The lowest BCUT2D eigenvalue weighted by Crippen LogP contribution is -2.08. The molecule has 0 saturated carbocycles. The number of hydrogen-bond donors (Lipinski definition) is 1. The molecule has 0 amide bonds. The summed E-state index contributed by atoms with van der Waals surface area (Å²) < 4.78 is 10.3. The fourth-order valence-electron chi connectivity index (χ4n) is 2.26. The van der Waals surface area contributed by atoms with Crippen LogP contribution in [0, 0.1) is 13.8 Å². The third-order valence-corrected chi connectivity index (χ3v) is 3.21. The first kappa shape index (κ1) is 14.2. The van der Waals surface area contributed by atoms with Gasteiger partial charge in [0.25, 0.3) is 0 Å². The fourth-order valence-corrected chi connectivity index (χ4v) is 2.26. The largest absolute Gasteiger partial charge is 0.466 e. The molecule has 20 heavy (non-hydrogen) atoms. The normalized spacial score (nSPS) is 12.0. The first-order valence-electron chi connectivity index (χ1n) is 6.53. The van der Waals surface area contributed by atoms with Crippen LogP contribution in [0.1, 0.15) is 40.4 Å². The first-order valence-corrected chi connectivity index (χ1v) is 6.53. The van der Waals surface area contributed by atoms with Gasteiger partial charge in [0.15, 0.2) is 0 Å². The highest BCUT2D eigenvalue weighted by molar-refractivity contribution is 5.90. The van der Waals surface area contributed by atoms with Gasteiger partial charge in [-0.25, -0.2) is 4.79 Å². The SMILES string of the molecule is COC(=O)c1cccc(NC(C)c2cc(C)oc2C)c1. The standard InChI is InChI=1S/C16H19NO3/c1-10-8-15(12(3)20-10)11(2)17-14-7-5-6-13(9-14)16(18)19-4/h5-9,11,17H,1-4H3. The molecule has 0 aliphatic heterocycles. The number of esters is 1. The number of aryl methyl sites for hydroxylation is 2. The second-order valence-electron chi connectivity index (χ2n) is 4.81. The van der Waals surface area contributed by atoms with Crippen LogP contribution in [0.25, 0.3) is 0 Å². The predicted octanol–water partition coefficient (Wildman–Crippen LogP) is 3.86. The van der Waals surface area contributed by atoms with Crippen LogP contribution >= 0.6 is 0 Å². The number of nitrogens with one attached hydrogen (secondary N) is 1. The van der Waals surface area contributed by atoms with E-state index in [2.05, 4.69) is 12.2 Å². The molecule has 0 fully saturated rings. The van der Waals surface area contributed by atoms with Crippen molar-refractivity contribution in [3.63, 3.8) is 0 Å². The third kappa shape index (κ3) is 3.02. The highest BCUT2D eigenvalue weighted by Crippen LogP contribution is 2.25. The molecule has 1 N–H and O–H groups in total. The minimum absolute atomic E-state index is 0.0975. The molecule has 106 valence electrons. The molecule has 0 aliphatic carbocycles. The maximum absolute atomic E-state index is 11.5. The zero-order chi connectivity index (χ0) is 14.7. The Hall–Kier alpha value is -2.23. The lowest BCUT2D eigenvalue weighted by atomic mass is 10.1. The van der Waals surface area contributed by atoms with Crippen molar-refractivity contribution in [3.8, 4) is 0 Å². The lowest BCUT2D eigenvalue weighted by Gasteiger charge is -2.15. The summed E-state index contributed by atoms with van der Waals surface area (Å²) in [5.74, 6) is 1.47. The summed E-state index contributed by atoms with van der Waals surface area (Å²) in [7, 11) is 1.38. The highest BCUT2D eigenvalue weighted by Gasteiger charge is 2.13. The predicted molar refractivity (Wildman–Crippen MR) is 78.0 cm³/mol. The Morgan fingerprint density at radius 2 is 2.05 bits per heavy atom. The summed E-state index contributed by atoms with van der Waals surface area (Å²) in [5, 5.41) is 3.36. The number of carbonyl (C=O) groups excluding carboxylic acids is 1. The van der Waals surface area contributed by atoms with Crippen molar-refractivity contribution in [2.24, 2.45) is 0 Å². The summed E-state index contributed by atoms with van der Waals surface area (Å²) in [4.78, 5) is 11.5. The quantitative estimate of drug-likeness (QED) is 0.859. The van der Waals surface area contributed by atoms with Gasteiger partial charge in [-0.2, -0.15) is 0 Å². The van der Waals surface area contributed by atoms with Gasteiger partial charge >= 0.3 is 5.97 Å². The Morgan fingerprint density at radius 1 is 1.30 bits per heavy atom. The van der Waals surface area contributed by atoms with Gasteiger partial charge in [-0.15, -0.1) is 0 Å². The number of anilines is 1. The van der Waals surface area contributed by atoms with Gasteiger partial charge < -0.3 is 14.5 Å². The van der Waals surface area contributed by atoms with Crippen LogP contribution in [0.5, 0.6) is 0 Å². The minimum Gasteiger partial charge on any atom is -0.466 e. The molecule has 1 unspecified atom stereocenters. The van der Waals surface area contributed by atoms with Gasteiger partial charge in [-0.3, -0.25) is 0 Å². The van der Waals surface area contributed by atoms with Gasteiger partial charge in [0, 0.05) is 11.3 Å². The maximum atomic E-state index is 11.5. The summed E-state index contributed by atoms with van der Waals surface area (Å²) in [6.07, 6.45) is 0. The molecule has 2 aromatic rings. The molecular formula is C16H19NO3. The second-order valence-corrected chi connectivity index (χ2v) is 4.81. The van der Waals surface area contributed by atoms with Crippen LogP contribution in [0.3, 0.4) is 0 Å². The van der Waals surface area contributed by atoms with Crippen LogP contribution in [0.4, 0.5) is 5.69 Å². The topological polar surface area (TPSA) is 51.5 Å². The smallest absolute Gasteiger partial charge is 0.337 e. The lowest BCUT2D eigenvalue weighted by molar-refractivity contribution is 0.0601. The molecule has 1 aromatic carbocycles. The Balaban J connectivity index is 2.17. The Kier molecular flexibility index (Phi) is 4.13. The Labute approximate surface area is 118 Å². The van der Waals surface area contributed by atoms with Crippen molar-refractivity contribution < 1.29 is 13.9 Å². The van der Waals surface area contributed by atoms with E-state index in [0.29, 0.717) is 5.56 Å². The van der Waals surface area contributed by atoms with E-state index >= 15 is 0 Å². The molecule has 0 aliphatic rings. The Bertz CT molecular complexity index is 616. The third-order valence-electron chi connectivity index (χ3n) is 3.21. The zero-order valence-corrected chi connectivity index (χ0v) is 12.2. The minimum atomic E-state index is -0.336. The van der Waals surface area contributed by atoms with Gasteiger partial charge in [0.05, 0.1) is 18.7 Å². The van der Waals surface area contributed by atoms with Crippen molar-refractivity contribution in [1.29, 1.82) is 0 Å². The van der Waals surface area contributed by atoms with Crippen molar-refractivity contribution in [2.45, 2.75) is 26.8 Å². The second kappa shape index (κ2) is 5.82. The molecule has 0 saturated heterocycles. The van der Waals surface area contributed by atoms with Crippen LogP contribution in [-0.4, -0.2) is 13.1 Å². The molecule has 4 nitrogen and oxygen atoms in total. The van der Waals surface area contributed by atoms with Crippen molar-refractivity contribution in [1.82, 2.24) is 0 Å². The number of carbonyl (C=O) groups is 1. The van der Waals surface area contributed by atoms with E-state index in [1.54, 1.807) is 12.1 Å². The van der Waals surface area contributed by atoms with Gasteiger partial charge in [-0.05, 0) is 45.0 Å². The van der Waals surface area contributed by atoms with E-state index in [1.165, 1.54) is 7.11 Å². The van der Waals surface area contributed by atoms with Gasteiger partial charge in [0.1, 0.15) is 11.5 Å². The monoisotopic (exact) mass is 273 g/mol. The van der Waals surface area contributed by atoms with Crippen LogP contribution in [0.15, 0.2) is 34.7 Å². The van der Waals surface area contributed by atoms with E-state index in [1.807, 2.05) is 32.0 Å². The molecule has 4 heteroatoms. The number of rotatable bonds is 4. The molecule has 1 aromatic heterocycles. The summed E-state index contributed by atoms with van der Waals surface area (Å²) in [6.45, 7) is 5.94. The van der Waals surface area contributed by atoms with Crippen molar-refractivity contribution >= 4 is 11.7 Å². The number of benzene rings is 1. The molecule has 1 heterocycles. The van der Waals surface area contributed by atoms with Gasteiger partial charge in [-0.1, -0.05) is 6.07 Å². The molecule has 0 radical (unpaired) electrons. The fraction of sp³-hybridized carbons (Fsp3) is 0.312. The van der Waals surface area contributed by atoms with E-state index in [0.717, 1.165) is 22.8 Å². The van der Waals surface area contributed by atoms with Crippen LogP contribution in [-0.2, 0) is 4.74 Å². The summed E-state index contributed by atoms with van der Waals surface area (Å²) in [5.41, 5.74) is 2.52. The first-order chi connectivity index (χ1) is 9.51. The van der Waals surface area contributed by atoms with Crippen LogP contribution in [0.2, 0.25) is 0 Å². The average Bonchev–Trinajstić information content (AvgIpc) is 2.77. The number of hydrogen-bond acceptors (Lipinski definition) is 4. The molecule has 2 rings (SSSR count). The molecule has 0 bridgehead atoms. The van der Waals surface area contributed by atoms with E-state index in [-0.39, 0.29) is 12.0 Å². The zero-order valence-electron chi connectivity index (χ0n) is 12.2. The number of furan rings is 1. The van der Waals surface area contributed by atoms with E-state index < -0.39 is 0 Å².